The average molecular weight is 82.8 g/mol. The normalized spacial score (nSPS) is 12.0. The van der Waals surface area contributed by atoms with Crippen molar-refractivity contribution in [3.05, 3.63) is 0 Å². The lowest BCUT2D eigenvalue weighted by molar-refractivity contribution is 0.368. The summed E-state index contributed by atoms with van der Waals surface area (Å²) >= 11 is 0. The minimum Gasteiger partial charge on any atom is -0.418 e. The second-order valence-electron chi connectivity index (χ2n) is 0.495. The molecule has 5 heteroatoms. The van der Waals surface area contributed by atoms with Crippen LogP contribution in [-0.4, -0.2) is 7.25 Å². The first-order valence-electron chi connectivity index (χ1n) is 0.873. The molecular weight excluding hydrogens is 82.8 g/mol. The molecule has 0 spiro atoms. The highest BCUT2D eigenvalue weighted by atomic mass is 18.5. The first-order valence-corrected chi connectivity index (χ1v) is 0.873. The fourth-order valence-electron chi connectivity index (χ4n) is 0. The van der Waals surface area contributed by atoms with E-state index in [1.807, 2.05) is 0 Å². The largest absolute Gasteiger partial charge is 0.673 e. The Labute approximate surface area is 25.9 Å². The first kappa shape index (κ1) is 4.78. The molecule has 0 aliphatic carbocycles. The minimum atomic E-state index is -6.00. The van der Waals surface area contributed by atoms with Crippen molar-refractivity contribution in [2.75, 3.05) is 0 Å². The number of halogens is 4. The molecular formula is BF4-. The van der Waals surface area contributed by atoms with Gasteiger partial charge in [-0.1, -0.05) is 0 Å². The van der Waals surface area contributed by atoms with Crippen LogP contribution in [0.5, 0.6) is 0 Å². The smallest absolute Gasteiger partial charge is 0.418 e. The highest BCUT2D eigenvalue weighted by Gasteiger charge is 2.20. The molecule has 0 N–H and O–H groups in total. The Kier molecular flexibility index (Phi) is 0.839. The molecule has 0 atom stereocenters. The van der Waals surface area contributed by atoms with Gasteiger partial charge in [-0.3, -0.25) is 0 Å². The van der Waals surface area contributed by atoms with E-state index in [1.54, 1.807) is 0 Å². The molecule has 0 aromatic carbocycles. The van der Waals surface area contributed by atoms with Crippen molar-refractivity contribution >= 4 is 7.25 Å². The number of rotatable bonds is 0. The molecule has 0 saturated carbocycles. The molecule has 0 aromatic heterocycles. The predicted octanol–water partition coefficient (Wildman–Crippen LogP) is 1.30. The molecule has 0 saturated heterocycles. The summed E-state index contributed by atoms with van der Waals surface area (Å²) in [7, 11) is -6.00. The third kappa shape index (κ3) is 261. The van der Waals surface area contributed by atoms with E-state index >= 15 is 0 Å². The fourth-order valence-corrected chi connectivity index (χ4v) is 0. The van der Waals surface area contributed by atoms with Crippen LogP contribution in [0.1, 0.15) is 0 Å². The Morgan fingerprint density at radius 2 is 0.800 bits per heavy atom. The highest BCUT2D eigenvalue weighted by molar-refractivity contribution is 6.50. The molecule has 0 amide bonds. The first-order chi connectivity index (χ1) is 2.00. The summed E-state index contributed by atoms with van der Waals surface area (Å²) in [6.45, 7) is 0. The fraction of sp³-hybridized carbons (Fsp3) is 0. The van der Waals surface area contributed by atoms with Gasteiger partial charge in [0.25, 0.3) is 0 Å². The maximum atomic E-state index is 9.75. The van der Waals surface area contributed by atoms with E-state index in [-0.39, 0.29) is 0 Å². The lowest BCUT2D eigenvalue weighted by atomic mass is 10.3. The van der Waals surface area contributed by atoms with Gasteiger partial charge in [0.05, 0.1) is 0 Å². The zero-order valence-corrected chi connectivity index (χ0v) is 2.09. The van der Waals surface area contributed by atoms with Crippen molar-refractivity contribution in [2.45, 2.75) is 0 Å². The van der Waals surface area contributed by atoms with Gasteiger partial charge < -0.3 is 17.3 Å². The maximum Gasteiger partial charge on any atom is 0.673 e. The number of hydrogen-bond donors (Lipinski definition) is 0. The minimum absolute atomic E-state index is 6.00. The van der Waals surface area contributed by atoms with Crippen LogP contribution < -0.4 is 0 Å². The van der Waals surface area contributed by atoms with E-state index in [9.17, 15) is 17.3 Å². The molecule has 0 radical (unpaired) electrons. The lowest BCUT2D eigenvalue weighted by Gasteiger charge is -1.94. The van der Waals surface area contributed by atoms with Gasteiger partial charge >= 0.3 is 7.25 Å². The molecule has 0 unspecified atom stereocenters. The van der Waals surface area contributed by atoms with Crippen molar-refractivity contribution < 1.29 is 17.3 Å². The molecule has 0 aromatic rings. The van der Waals surface area contributed by atoms with Crippen molar-refractivity contribution in [3.63, 3.8) is 0 Å². The summed E-state index contributed by atoms with van der Waals surface area (Å²) in [4.78, 5) is 0. The maximum absolute atomic E-state index is 9.75. The Hall–Kier alpha value is -0.215. The van der Waals surface area contributed by atoms with Gasteiger partial charge in [-0.05, 0) is 0 Å². The zero-order chi connectivity index (χ0) is 4.50. The van der Waals surface area contributed by atoms with Crippen LogP contribution >= 0.6 is 0 Å². The Balaban J connectivity index is 3.02. The van der Waals surface area contributed by atoms with Gasteiger partial charge in [0.2, 0.25) is 0 Å². The second kappa shape index (κ2) is 0.877. The predicted molar refractivity (Wildman–Crippen MR) is 10.2 cm³/mol. The molecule has 0 nitrogen and oxygen atoms in total. The third-order valence-electron chi connectivity index (χ3n) is 0. The summed E-state index contributed by atoms with van der Waals surface area (Å²) < 4.78 is 39.0. The molecule has 5 heavy (non-hydrogen) atoms. The summed E-state index contributed by atoms with van der Waals surface area (Å²) in [6.07, 6.45) is 0. The van der Waals surface area contributed by atoms with Gasteiger partial charge in [0.15, 0.2) is 0 Å². The van der Waals surface area contributed by atoms with Crippen molar-refractivity contribution in [2.24, 2.45) is 0 Å². The van der Waals surface area contributed by atoms with Gasteiger partial charge in [0, 0.05) is 0 Å². The van der Waals surface area contributed by atoms with Crippen molar-refractivity contribution in [1.82, 2.24) is 0 Å². The SMILES string of the molecule is [18F][B-]([18F])([18F])[18F]. The van der Waals surface area contributed by atoms with Crippen LogP contribution in [0, 0.1) is 0 Å². The lowest BCUT2D eigenvalue weighted by Crippen LogP contribution is -2.02. The zero-order valence-electron chi connectivity index (χ0n) is 2.09. The number of hydrogen-bond acceptors (Lipinski definition) is 0. The van der Waals surface area contributed by atoms with E-state index in [1.165, 1.54) is 0 Å². The van der Waals surface area contributed by atoms with Crippen LogP contribution in [0.2, 0.25) is 0 Å². The quantitative estimate of drug-likeness (QED) is 0.305. The molecule has 0 rings (SSSR count). The third-order valence-corrected chi connectivity index (χ3v) is 0. The van der Waals surface area contributed by atoms with Gasteiger partial charge in [-0.2, -0.15) is 0 Å². The molecule has 0 bridgehead atoms. The molecule has 0 aliphatic rings. The highest BCUT2D eigenvalue weighted by Crippen LogP contribution is 2.06. The molecule has 0 aliphatic heterocycles. The van der Waals surface area contributed by atoms with Crippen LogP contribution in [0.15, 0.2) is 0 Å². The molecule has 0 fully saturated rings. The summed E-state index contributed by atoms with van der Waals surface area (Å²) in [6, 6.07) is 0. The molecule has 32 valence electrons. The molecule has 0 heterocycles. The average Bonchev–Trinajstić information content (AvgIpc) is 0.722. The Morgan fingerprint density at radius 1 is 0.800 bits per heavy atom. The van der Waals surface area contributed by atoms with Crippen LogP contribution in [0.25, 0.3) is 0 Å². The topological polar surface area (TPSA) is 0 Å². The summed E-state index contributed by atoms with van der Waals surface area (Å²) in [5.41, 5.74) is 0. The van der Waals surface area contributed by atoms with Gasteiger partial charge in [0.1, 0.15) is 0 Å². The van der Waals surface area contributed by atoms with E-state index < -0.39 is 7.25 Å². The van der Waals surface area contributed by atoms with E-state index in [0.29, 0.717) is 0 Å². The van der Waals surface area contributed by atoms with Crippen LogP contribution in [0.4, 0.5) is 17.3 Å². The van der Waals surface area contributed by atoms with Crippen molar-refractivity contribution in [1.29, 1.82) is 0 Å². The van der Waals surface area contributed by atoms with E-state index in [2.05, 4.69) is 0 Å². The summed E-state index contributed by atoms with van der Waals surface area (Å²) in [5.74, 6) is 0. The van der Waals surface area contributed by atoms with E-state index in [0.717, 1.165) is 0 Å². The van der Waals surface area contributed by atoms with Gasteiger partial charge in [-0.25, -0.2) is 0 Å². The van der Waals surface area contributed by atoms with Crippen molar-refractivity contribution in [3.8, 4) is 0 Å². The standard InChI is InChI=1S/BF4/c2-1(3,4)5/q-1/i2-1,3-1,4-1,5-1. The van der Waals surface area contributed by atoms with E-state index in [4.69, 9.17) is 0 Å². The Bertz CT molecular complexity index is 19.1. The summed E-state index contributed by atoms with van der Waals surface area (Å²) in [5, 5.41) is 0. The Morgan fingerprint density at radius 3 is 0.800 bits per heavy atom. The second-order valence-corrected chi connectivity index (χ2v) is 0.495. The van der Waals surface area contributed by atoms with Gasteiger partial charge in [-0.15, -0.1) is 0 Å². The monoisotopic (exact) mass is 83.0 g/mol. The van der Waals surface area contributed by atoms with Crippen LogP contribution in [0.3, 0.4) is 0 Å². The van der Waals surface area contributed by atoms with Crippen LogP contribution in [-0.2, 0) is 0 Å².